The summed E-state index contributed by atoms with van der Waals surface area (Å²) in [5, 5.41) is 0. The predicted octanol–water partition coefficient (Wildman–Crippen LogP) is 4.75. The lowest BCUT2D eigenvalue weighted by Crippen LogP contribution is -2.45. The van der Waals surface area contributed by atoms with E-state index in [1.54, 1.807) is 13.2 Å². The minimum Gasteiger partial charge on any atom is -0.497 e. The lowest BCUT2D eigenvalue weighted by molar-refractivity contribution is -0.122. The Labute approximate surface area is 153 Å². The molecule has 5 heteroatoms. The highest BCUT2D eigenvalue weighted by atomic mass is 28.4. The van der Waals surface area contributed by atoms with Gasteiger partial charge in [-0.1, -0.05) is 39.0 Å². The van der Waals surface area contributed by atoms with Gasteiger partial charge in [0.2, 0.25) is 0 Å². The topological polar surface area (TPSA) is 44.8 Å². The van der Waals surface area contributed by atoms with Crippen LogP contribution in [0.2, 0.25) is 18.1 Å². The molecule has 0 saturated heterocycles. The third-order valence-electron chi connectivity index (χ3n) is 4.84. The summed E-state index contributed by atoms with van der Waals surface area (Å²) in [7, 11) is -0.234. The molecular formula is C20H32O4Si. The van der Waals surface area contributed by atoms with Crippen molar-refractivity contribution in [1.82, 2.24) is 0 Å². The third kappa shape index (κ3) is 6.42. The zero-order chi connectivity index (χ0) is 18.7. The Kier molecular flexibility index (Phi) is 9.71. The number of methoxy groups -OCH3 is 1. The van der Waals surface area contributed by atoms with E-state index in [1.165, 1.54) is 0 Å². The van der Waals surface area contributed by atoms with Crippen molar-refractivity contribution in [1.29, 1.82) is 0 Å². The van der Waals surface area contributed by atoms with Crippen LogP contribution in [0.1, 0.15) is 32.8 Å². The van der Waals surface area contributed by atoms with Gasteiger partial charge in [-0.05, 0) is 42.2 Å². The summed E-state index contributed by atoms with van der Waals surface area (Å²) < 4.78 is 17.5. The van der Waals surface area contributed by atoms with Crippen molar-refractivity contribution >= 4 is 14.6 Å². The summed E-state index contributed by atoms with van der Waals surface area (Å²) in [6, 6.07) is 10.7. The third-order valence-corrected chi connectivity index (χ3v) is 9.48. The first-order chi connectivity index (χ1) is 12.1. The second-order valence-corrected chi connectivity index (χ2v) is 10.9. The standard InChI is InChI=1S/C20H32O4Si/c1-6-10-19(20(15-21)24-25(7-2,8-3)9-4)23-16-17-11-13-18(22-5)14-12-17/h6,11-15,19-20H,1,7-10,16H2,2-5H3/t19-,20+/m0/s1. The maximum Gasteiger partial charge on any atom is 0.193 e. The van der Waals surface area contributed by atoms with Gasteiger partial charge in [0.15, 0.2) is 8.32 Å². The maximum absolute atomic E-state index is 11.7. The van der Waals surface area contributed by atoms with E-state index in [4.69, 9.17) is 13.9 Å². The summed E-state index contributed by atoms with van der Waals surface area (Å²) in [5.41, 5.74) is 1.03. The average Bonchev–Trinajstić information content (AvgIpc) is 2.67. The van der Waals surface area contributed by atoms with Crippen LogP contribution in [-0.4, -0.2) is 33.9 Å². The van der Waals surface area contributed by atoms with Crippen LogP contribution in [0, 0.1) is 0 Å². The molecule has 0 spiro atoms. The van der Waals surface area contributed by atoms with Crippen LogP contribution in [0.25, 0.3) is 0 Å². The number of hydrogen-bond donors (Lipinski definition) is 0. The number of carbonyl (C=O) groups is 1. The molecule has 0 aliphatic carbocycles. The van der Waals surface area contributed by atoms with Gasteiger partial charge < -0.3 is 18.7 Å². The van der Waals surface area contributed by atoms with Crippen LogP contribution >= 0.6 is 0 Å². The first-order valence-electron chi connectivity index (χ1n) is 9.06. The van der Waals surface area contributed by atoms with E-state index in [0.717, 1.165) is 35.7 Å². The summed E-state index contributed by atoms with van der Waals surface area (Å²) in [6.07, 6.45) is 2.41. The average molecular weight is 365 g/mol. The van der Waals surface area contributed by atoms with Gasteiger partial charge in [-0.3, -0.25) is 0 Å². The fraction of sp³-hybridized carbons (Fsp3) is 0.550. The Hall–Kier alpha value is -1.43. The Morgan fingerprint density at radius 2 is 1.72 bits per heavy atom. The molecule has 0 aliphatic rings. The predicted molar refractivity (Wildman–Crippen MR) is 105 cm³/mol. The van der Waals surface area contributed by atoms with Crippen molar-refractivity contribution in [2.75, 3.05) is 7.11 Å². The molecular weight excluding hydrogens is 332 g/mol. The molecule has 2 atom stereocenters. The SMILES string of the molecule is C=CC[C@H](OCc1ccc(OC)cc1)[C@@H](C=O)O[Si](CC)(CC)CC. The monoisotopic (exact) mass is 364 g/mol. The van der Waals surface area contributed by atoms with E-state index >= 15 is 0 Å². The molecule has 1 rings (SSSR count). The molecule has 0 heterocycles. The minimum absolute atomic E-state index is 0.311. The quantitative estimate of drug-likeness (QED) is 0.288. The molecule has 0 aliphatic heterocycles. The molecule has 0 amide bonds. The van der Waals surface area contributed by atoms with Crippen LogP contribution in [0.4, 0.5) is 0 Å². The first-order valence-corrected chi connectivity index (χ1v) is 11.6. The van der Waals surface area contributed by atoms with Gasteiger partial charge in [0, 0.05) is 0 Å². The number of rotatable bonds is 13. The molecule has 0 fully saturated rings. The number of hydrogen-bond acceptors (Lipinski definition) is 4. The van der Waals surface area contributed by atoms with E-state index in [9.17, 15) is 4.79 Å². The van der Waals surface area contributed by atoms with E-state index in [-0.39, 0.29) is 6.10 Å². The zero-order valence-electron chi connectivity index (χ0n) is 16.0. The molecule has 0 saturated carbocycles. The Morgan fingerprint density at radius 1 is 1.12 bits per heavy atom. The highest BCUT2D eigenvalue weighted by molar-refractivity contribution is 6.73. The van der Waals surface area contributed by atoms with Gasteiger partial charge in [-0.25, -0.2) is 0 Å². The second-order valence-electron chi connectivity index (χ2n) is 6.18. The number of carbonyl (C=O) groups excluding carboxylic acids is 1. The fourth-order valence-electron chi connectivity index (χ4n) is 2.87. The van der Waals surface area contributed by atoms with Gasteiger partial charge in [0.05, 0.1) is 19.8 Å². The van der Waals surface area contributed by atoms with Gasteiger partial charge in [-0.15, -0.1) is 6.58 Å². The molecule has 4 nitrogen and oxygen atoms in total. The molecule has 0 N–H and O–H groups in total. The van der Waals surface area contributed by atoms with Crippen molar-refractivity contribution in [3.8, 4) is 5.75 Å². The normalized spacial score (nSPS) is 13.9. The minimum atomic E-state index is -1.88. The summed E-state index contributed by atoms with van der Waals surface area (Å²) >= 11 is 0. The Morgan fingerprint density at radius 3 is 2.16 bits per heavy atom. The van der Waals surface area contributed by atoms with E-state index in [0.29, 0.717) is 13.0 Å². The Bertz CT molecular complexity index is 503. The number of aldehydes is 1. The van der Waals surface area contributed by atoms with Gasteiger partial charge in [-0.2, -0.15) is 0 Å². The van der Waals surface area contributed by atoms with Gasteiger partial charge in [0.25, 0.3) is 0 Å². The molecule has 25 heavy (non-hydrogen) atoms. The molecule has 0 radical (unpaired) electrons. The van der Waals surface area contributed by atoms with Crippen molar-refractivity contribution in [3.63, 3.8) is 0 Å². The van der Waals surface area contributed by atoms with Crippen molar-refractivity contribution < 1.29 is 18.7 Å². The molecule has 0 aromatic heterocycles. The summed E-state index contributed by atoms with van der Waals surface area (Å²) in [5.74, 6) is 0.810. The first kappa shape index (κ1) is 21.6. The van der Waals surface area contributed by atoms with E-state index < -0.39 is 14.4 Å². The number of ether oxygens (including phenoxy) is 2. The van der Waals surface area contributed by atoms with Crippen LogP contribution in [0.15, 0.2) is 36.9 Å². The van der Waals surface area contributed by atoms with Crippen LogP contribution in [0.3, 0.4) is 0 Å². The summed E-state index contributed by atoms with van der Waals surface area (Å²) in [4.78, 5) is 11.7. The lowest BCUT2D eigenvalue weighted by Gasteiger charge is -2.34. The lowest BCUT2D eigenvalue weighted by atomic mass is 10.1. The number of benzene rings is 1. The van der Waals surface area contributed by atoms with Crippen molar-refractivity contribution in [3.05, 3.63) is 42.5 Å². The van der Waals surface area contributed by atoms with Crippen molar-refractivity contribution in [2.24, 2.45) is 0 Å². The Balaban J connectivity index is 2.80. The maximum atomic E-state index is 11.7. The molecule has 0 unspecified atom stereocenters. The van der Waals surface area contributed by atoms with Crippen LogP contribution in [-0.2, 0) is 20.6 Å². The summed E-state index contributed by atoms with van der Waals surface area (Å²) in [6.45, 7) is 10.7. The molecule has 1 aromatic rings. The molecule has 0 bridgehead atoms. The highest BCUT2D eigenvalue weighted by Crippen LogP contribution is 2.25. The van der Waals surface area contributed by atoms with E-state index in [1.807, 2.05) is 24.3 Å². The van der Waals surface area contributed by atoms with Gasteiger partial charge in [0.1, 0.15) is 18.1 Å². The fourth-order valence-corrected chi connectivity index (χ4v) is 5.65. The van der Waals surface area contributed by atoms with Crippen LogP contribution in [0.5, 0.6) is 5.75 Å². The largest absolute Gasteiger partial charge is 0.497 e. The van der Waals surface area contributed by atoms with Crippen molar-refractivity contribution in [2.45, 2.75) is 64.1 Å². The second kappa shape index (κ2) is 11.2. The molecule has 1 aromatic carbocycles. The molecule has 140 valence electrons. The van der Waals surface area contributed by atoms with Gasteiger partial charge >= 0.3 is 0 Å². The smallest absolute Gasteiger partial charge is 0.193 e. The van der Waals surface area contributed by atoms with E-state index in [2.05, 4.69) is 27.4 Å². The zero-order valence-corrected chi connectivity index (χ0v) is 17.0. The highest BCUT2D eigenvalue weighted by Gasteiger charge is 2.35. The van der Waals surface area contributed by atoms with Crippen LogP contribution < -0.4 is 4.74 Å².